The normalized spacial score (nSPS) is 17.5. The van der Waals surface area contributed by atoms with Gasteiger partial charge in [-0.05, 0) is 19.1 Å². The Labute approximate surface area is 113 Å². The van der Waals surface area contributed by atoms with Crippen LogP contribution in [0.2, 0.25) is 10.0 Å². The smallest absolute Gasteiger partial charge is 0.338 e. The van der Waals surface area contributed by atoms with E-state index in [4.69, 9.17) is 27.9 Å². The number of anilines is 2. The summed E-state index contributed by atoms with van der Waals surface area (Å²) in [6, 6.07) is 1.97. The average Bonchev–Trinajstić information content (AvgIpc) is 2.27. The van der Waals surface area contributed by atoms with Crippen molar-refractivity contribution >= 4 is 46.5 Å². The van der Waals surface area contributed by atoms with Crippen LogP contribution in [0.15, 0.2) is 12.1 Å². The van der Waals surface area contributed by atoms with Crippen LogP contribution >= 0.6 is 23.2 Å². The largest absolute Gasteiger partial charge is 0.464 e. The Morgan fingerprint density at radius 3 is 2.83 bits per heavy atom. The zero-order valence-electron chi connectivity index (χ0n) is 9.42. The third-order valence-electron chi connectivity index (χ3n) is 2.39. The first-order valence-electron chi connectivity index (χ1n) is 5.26. The van der Waals surface area contributed by atoms with E-state index in [1.807, 2.05) is 0 Å². The van der Waals surface area contributed by atoms with Crippen molar-refractivity contribution in [2.45, 2.75) is 13.0 Å². The lowest BCUT2D eigenvalue weighted by molar-refractivity contribution is -0.146. The van der Waals surface area contributed by atoms with E-state index < -0.39 is 17.9 Å². The van der Waals surface area contributed by atoms with Crippen LogP contribution in [-0.2, 0) is 14.3 Å². The minimum atomic E-state index is -1.10. The Morgan fingerprint density at radius 2 is 2.17 bits per heavy atom. The maximum atomic E-state index is 11.7. The molecule has 18 heavy (non-hydrogen) atoms. The summed E-state index contributed by atoms with van der Waals surface area (Å²) in [5.41, 5.74) is 0.900. The van der Waals surface area contributed by atoms with Gasteiger partial charge >= 0.3 is 5.97 Å². The van der Waals surface area contributed by atoms with E-state index in [2.05, 4.69) is 10.6 Å². The molecule has 0 aliphatic carbocycles. The van der Waals surface area contributed by atoms with Gasteiger partial charge in [0.05, 0.1) is 23.0 Å². The number of hydrogen-bond donors (Lipinski definition) is 2. The van der Waals surface area contributed by atoms with E-state index in [9.17, 15) is 9.59 Å². The Balaban J connectivity index is 2.33. The van der Waals surface area contributed by atoms with Crippen molar-refractivity contribution < 1.29 is 14.3 Å². The van der Waals surface area contributed by atoms with Crippen molar-refractivity contribution in [2.24, 2.45) is 0 Å². The molecule has 0 spiro atoms. The quantitative estimate of drug-likeness (QED) is 0.647. The minimum Gasteiger partial charge on any atom is -0.464 e. The zero-order valence-corrected chi connectivity index (χ0v) is 10.9. The van der Waals surface area contributed by atoms with Crippen molar-refractivity contribution in [1.82, 2.24) is 0 Å². The summed E-state index contributed by atoms with van der Waals surface area (Å²) in [7, 11) is 0. The first-order valence-corrected chi connectivity index (χ1v) is 6.01. The molecule has 7 heteroatoms. The van der Waals surface area contributed by atoms with Crippen molar-refractivity contribution in [3.63, 3.8) is 0 Å². The van der Waals surface area contributed by atoms with Gasteiger partial charge in [-0.1, -0.05) is 23.2 Å². The molecule has 1 unspecified atom stereocenters. The molecule has 1 aliphatic rings. The Hall–Kier alpha value is -1.46. The SMILES string of the molecule is CCOC(=O)C1Nc2c(Cl)cc(Cl)cc2NC1=O. The van der Waals surface area contributed by atoms with Gasteiger partial charge in [-0.3, -0.25) is 4.79 Å². The van der Waals surface area contributed by atoms with E-state index in [0.29, 0.717) is 21.4 Å². The Morgan fingerprint density at radius 1 is 1.44 bits per heavy atom. The van der Waals surface area contributed by atoms with Gasteiger partial charge in [0.1, 0.15) is 0 Å². The van der Waals surface area contributed by atoms with E-state index in [-0.39, 0.29) is 6.61 Å². The molecule has 0 saturated carbocycles. The van der Waals surface area contributed by atoms with E-state index in [0.717, 1.165) is 0 Å². The Bertz CT molecular complexity index is 519. The fourth-order valence-corrected chi connectivity index (χ4v) is 2.17. The lowest BCUT2D eigenvalue weighted by Crippen LogP contribution is -2.45. The number of amides is 1. The molecular formula is C11H10Cl2N2O3. The summed E-state index contributed by atoms with van der Waals surface area (Å²) in [5.74, 6) is -1.15. The van der Waals surface area contributed by atoms with Gasteiger partial charge in [0.25, 0.3) is 5.91 Å². The Kier molecular flexibility index (Phi) is 3.63. The van der Waals surface area contributed by atoms with Crippen molar-refractivity contribution in [1.29, 1.82) is 0 Å². The summed E-state index contributed by atoms with van der Waals surface area (Å²) >= 11 is 11.8. The fourth-order valence-electron chi connectivity index (χ4n) is 1.63. The molecule has 5 nitrogen and oxygen atoms in total. The predicted octanol–water partition coefficient (Wildman–Crippen LogP) is 2.29. The molecular weight excluding hydrogens is 279 g/mol. The second kappa shape index (κ2) is 5.04. The highest BCUT2D eigenvalue weighted by Crippen LogP contribution is 2.36. The highest BCUT2D eigenvalue weighted by molar-refractivity contribution is 6.38. The molecule has 0 saturated heterocycles. The summed E-state index contributed by atoms with van der Waals surface area (Å²) in [5, 5.41) is 6.03. The molecule has 2 rings (SSSR count). The zero-order chi connectivity index (χ0) is 13.3. The van der Waals surface area contributed by atoms with Crippen LogP contribution < -0.4 is 10.6 Å². The molecule has 0 aromatic heterocycles. The van der Waals surface area contributed by atoms with Gasteiger partial charge in [0.2, 0.25) is 6.04 Å². The van der Waals surface area contributed by atoms with Gasteiger partial charge in [0.15, 0.2) is 0 Å². The number of carbonyl (C=O) groups is 2. The number of rotatable bonds is 2. The fraction of sp³-hybridized carbons (Fsp3) is 0.273. The number of nitrogens with one attached hydrogen (secondary N) is 2. The number of carbonyl (C=O) groups excluding carboxylic acids is 2. The molecule has 1 atom stereocenters. The first-order chi connectivity index (χ1) is 8.52. The second-order valence-electron chi connectivity index (χ2n) is 3.63. The molecule has 0 radical (unpaired) electrons. The molecule has 1 amide bonds. The predicted molar refractivity (Wildman–Crippen MR) is 69.1 cm³/mol. The average molecular weight is 289 g/mol. The van der Waals surface area contributed by atoms with Gasteiger partial charge in [-0.15, -0.1) is 0 Å². The third kappa shape index (κ3) is 2.37. The molecule has 1 aliphatic heterocycles. The molecule has 1 aromatic rings. The maximum Gasteiger partial charge on any atom is 0.338 e. The van der Waals surface area contributed by atoms with Gasteiger partial charge in [-0.2, -0.15) is 0 Å². The summed E-state index contributed by atoms with van der Waals surface area (Å²) in [6.45, 7) is 1.87. The summed E-state index contributed by atoms with van der Waals surface area (Å²) in [6.07, 6.45) is 0. The lowest BCUT2D eigenvalue weighted by atomic mass is 10.1. The van der Waals surface area contributed by atoms with Gasteiger partial charge in [-0.25, -0.2) is 4.79 Å². The number of esters is 1. The topological polar surface area (TPSA) is 67.4 Å². The summed E-state index contributed by atoms with van der Waals surface area (Å²) in [4.78, 5) is 23.3. The molecule has 0 bridgehead atoms. The second-order valence-corrected chi connectivity index (χ2v) is 4.47. The number of benzene rings is 1. The van der Waals surface area contributed by atoms with E-state index in [1.165, 1.54) is 6.07 Å². The van der Waals surface area contributed by atoms with Crippen LogP contribution in [0.1, 0.15) is 6.92 Å². The summed E-state index contributed by atoms with van der Waals surface area (Å²) < 4.78 is 4.80. The highest BCUT2D eigenvalue weighted by Gasteiger charge is 2.33. The number of ether oxygens (including phenoxy) is 1. The molecule has 1 heterocycles. The number of fused-ring (bicyclic) bond motifs is 1. The van der Waals surface area contributed by atoms with E-state index in [1.54, 1.807) is 13.0 Å². The van der Waals surface area contributed by atoms with Crippen LogP contribution in [0.3, 0.4) is 0 Å². The number of hydrogen-bond acceptors (Lipinski definition) is 4. The highest BCUT2D eigenvalue weighted by atomic mass is 35.5. The standard InChI is InChI=1S/C11H10Cl2N2O3/c1-2-18-11(17)9-10(16)14-7-4-5(12)3-6(13)8(7)15-9/h3-4,9,15H,2H2,1H3,(H,14,16). The van der Waals surface area contributed by atoms with E-state index >= 15 is 0 Å². The third-order valence-corrected chi connectivity index (χ3v) is 2.90. The van der Waals surface area contributed by atoms with Crippen LogP contribution in [0.4, 0.5) is 11.4 Å². The van der Waals surface area contributed by atoms with Crippen LogP contribution in [0.5, 0.6) is 0 Å². The van der Waals surface area contributed by atoms with Crippen LogP contribution in [-0.4, -0.2) is 24.5 Å². The maximum absolute atomic E-state index is 11.7. The van der Waals surface area contributed by atoms with Crippen molar-refractivity contribution in [3.8, 4) is 0 Å². The monoisotopic (exact) mass is 288 g/mol. The molecule has 2 N–H and O–H groups in total. The molecule has 0 fully saturated rings. The molecule has 1 aromatic carbocycles. The number of halogens is 2. The van der Waals surface area contributed by atoms with Crippen molar-refractivity contribution in [2.75, 3.05) is 17.2 Å². The van der Waals surface area contributed by atoms with Gasteiger partial charge < -0.3 is 15.4 Å². The van der Waals surface area contributed by atoms with Crippen LogP contribution in [0, 0.1) is 0 Å². The lowest BCUT2D eigenvalue weighted by Gasteiger charge is -2.26. The van der Waals surface area contributed by atoms with Crippen molar-refractivity contribution in [3.05, 3.63) is 22.2 Å². The minimum absolute atomic E-state index is 0.200. The van der Waals surface area contributed by atoms with Crippen LogP contribution in [0.25, 0.3) is 0 Å². The molecule has 96 valence electrons. The first kappa shape index (κ1) is 13.0. The van der Waals surface area contributed by atoms with Gasteiger partial charge in [0, 0.05) is 5.02 Å².